The van der Waals surface area contributed by atoms with E-state index < -0.39 is 5.82 Å². The largest absolute Gasteiger partial charge is 0.300 e. The van der Waals surface area contributed by atoms with Crippen LogP contribution in [0.1, 0.15) is 28.3 Å². The molecule has 1 N–H and O–H groups in total. The van der Waals surface area contributed by atoms with E-state index in [4.69, 9.17) is 4.98 Å². The molecule has 11 heteroatoms. The highest BCUT2D eigenvalue weighted by Crippen LogP contribution is 2.35. The molecule has 0 aliphatic heterocycles. The van der Waals surface area contributed by atoms with Crippen molar-refractivity contribution in [3.8, 4) is 5.69 Å². The van der Waals surface area contributed by atoms with Crippen LogP contribution in [0.15, 0.2) is 34.2 Å². The lowest BCUT2D eigenvalue weighted by atomic mass is 9.97. The Morgan fingerprint density at radius 1 is 1.22 bits per heavy atom. The number of fused-ring (bicyclic) bond motifs is 3. The molecule has 0 saturated heterocycles. The van der Waals surface area contributed by atoms with Gasteiger partial charge in [-0.1, -0.05) is 35.2 Å². The zero-order chi connectivity index (χ0) is 22.2. The van der Waals surface area contributed by atoms with E-state index >= 15 is 0 Å². The lowest BCUT2D eigenvalue weighted by molar-refractivity contribution is -0.113. The SMILES string of the molecule is Cc1nnc(NC(=O)CSc2nc3sc4c(c3c(=O)n2-c2ccccc2F)CCCC4)s1. The molecule has 0 fully saturated rings. The van der Waals surface area contributed by atoms with Crippen LogP contribution in [-0.4, -0.2) is 31.4 Å². The van der Waals surface area contributed by atoms with Crippen molar-refractivity contribution in [2.45, 2.75) is 37.8 Å². The maximum Gasteiger partial charge on any atom is 0.267 e. The number of anilines is 1. The zero-order valence-electron chi connectivity index (χ0n) is 17.1. The molecule has 0 saturated carbocycles. The Bertz CT molecular complexity index is 1390. The van der Waals surface area contributed by atoms with Gasteiger partial charge in [-0.2, -0.15) is 0 Å². The van der Waals surface area contributed by atoms with Crippen molar-refractivity contribution in [2.75, 3.05) is 11.1 Å². The summed E-state index contributed by atoms with van der Waals surface area (Å²) in [6.07, 6.45) is 3.88. The number of aryl methyl sites for hydroxylation is 3. The summed E-state index contributed by atoms with van der Waals surface area (Å²) in [6.45, 7) is 1.80. The lowest BCUT2D eigenvalue weighted by Crippen LogP contribution is -2.24. The first kappa shape index (κ1) is 21.2. The Balaban J connectivity index is 1.56. The second-order valence-electron chi connectivity index (χ2n) is 7.34. The number of nitrogens with one attached hydrogen (secondary N) is 1. The molecule has 0 atom stereocenters. The number of hydrogen-bond acceptors (Lipinski definition) is 8. The Labute approximate surface area is 194 Å². The minimum absolute atomic E-state index is 0.00385. The van der Waals surface area contributed by atoms with Crippen LogP contribution in [0, 0.1) is 12.7 Å². The van der Waals surface area contributed by atoms with Gasteiger partial charge in [0.25, 0.3) is 5.56 Å². The molecule has 3 aromatic heterocycles. The van der Waals surface area contributed by atoms with Gasteiger partial charge in [-0.25, -0.2) is 9.37 Å². The summed E-state index contributed by atoms with van der Waals surface area (Å²) in [6, 6.07) is 6.12. The predicted molar refractivity (Wildman–Crippen MR) is 126 cm³/mol. The van der Waals surface area contributed by atoms with Gasteiger partial charge in [0.15, 0.2) is 5.16 Å². The van der Waals surface area contributed by atoms with Gasteiger partial charge in [0, 0.05) is 4.88 Å². The van der Waals surface area contributed by atoms with Crippen molar-refractivity contribution in [3.05, 3.63) is 55.9 Å². The van der Waals surface area contributed by atoms with Crippen LogP contribution in [0.3, 0.4) is 0 Å². The van der Waals surface area contributed by atoms with Crippen molar-refractivity contribution in [2.24, 2.45) is 0 Å². The molecular weight excluding hydrogens is 469 g/mol. The van der Waals surface area contributed by atoms with Gasteiger partial charge >= 0.3 is 0 Å². The van der Waals surface area contributed by atoms with E-state index in [0.29, 0.717) is 15.3 Å². The van der Waals surface area contributed by atoms with E-state index in [2.05, 4.69) is 15.5 Å². The van der Waals surface area contributed by atoms with Gasteiger partial charge in [0.1, 0.15) is 15.7 Å². The summed E-state index contributed by atoms with van der Waals surface area (Å²) in [5.74, 6) is -0.822. The van der Waals surface area contributed by atoms with Crippen LogP contribution < -0.4 is 10.9 Å². The monoisotopic (exact) mass is 487 g/mol. The third kappa shape index (κ3) is 3.96. The Morgan fingerprint density at radius 2 is 2.03 bits per heavy atom. The maximum atomic E-state index is 14.7. The second kappa shape index (κ2) is 8.72. The van der Waals surface area contributed by atoms with Crippen molar-refractivity contribution in [1.29, 1.82) is 0 Å². The fraction of sp³-hybridized carbons (Fsp3) is 0.286. The van der Waals surface area contributed by atoms with Crippen LogP contribution in [-0.2, 0) is 17.6 Å². The highest BCUT2D eigenvalue weighted by molar-refractivity contribution is 7.99. The number of aromatic nitrogens is 4. The molecule has 1 aliphatic rings. The zero-order valence-corrected chi connectivity index (χ0v) is 19.5. The van der Waals surface area contributed by atoms with Crippen LogP contribution in [0.25, 0.3) is 15.9 Å². The highest BCUT2D eigenvalue weighted by atomic mass is 32.2. The van der Waals surface area contributed by atoms with E-state index in [-0.39, 0.29) is 28.1 Å². The average molecular weight is 488 g/mol. The molecular formula is C21H18FN5O2S3. The average Bonchev–Trinajstić information content (AvgIpc) is 3.36. The Kier molecular flexibility index (Phi) is 5.78. The molecule has 1 aliphatic carbocycles. The second-order valence-corrected chi connectivity index (χ2v) is 10.5. The molecule has 4 aromatic rings. The number of para-hydroxylation sites is 1. The van der Waals surface area contributed by atoms with Crippen LogP contribution in [0.4, 0.5) is 9.52 Å². The fourth-order valence-corrected chi connectivity index (χ4v) is 6.48. The Morgan fingerprint density at radius 3 is 2.81 bits per heavy atom. The molecule has 0 bridgehead atoms. The van der Waals surface area contributed by atoms with E-state index in [9.17, 15) is 14.0 Å². The van der Waals surface area contributed by atoms with Crippen molar-refractivity contribution in [1.82, 2.24) is 19.7 Å². The summed E-state index contributed by atoms with van der Waals surface area (Å²) in [7, 11) is 0. The number of thioether (sulfide) groups is 1. The van der Waals surface area contributed by atoms with Gasteiger partial charge in [-0.15, -0.1) is 21.5 Å². The van der Waals surface area contributed by atoms with Crippen molar-refractivity contribution in [3.63, 3.8) is 0 Å². The topological polar surface area (TPSA) is 89.8 Å². The number of amides is 1. The Hall–Kier alpha value is -2.63. The molecule has 7 nitrogen and oxygen atoms in total. The normalized spacial score (nSPS) is 13.3. The van der Waals surface area contributed by atoms with Crippen LogP contribution in [0.2, 0.25) is 0 Å². The first-order valence-electron chi connectivity index (χ1n) is 10.1. The highest BCUT2D eigenvalue weighted by Gasteiger charge is 2.24. The molecule has 3 heterocycles. The summed E-state index contributed by atoms with van der Waals surface area (Å²) in [4.78, 5) is 32.6. The molecule has 0 radical (unpaired) electrons. The number of rotatable bonds is 5. The first-order valence-corrected chi connectivity index (χ1v) is 12.7. The van der Waals surface area contributed by atoms with E-state index in [1.807, 2.05) is 0 Å². The smallest absolute Gasteiger partial charge is 0.267 e. The molecule has 0 spiro atoms. The number of nitrogens with zero attached hydrogens (tertiary/aromatic N) is 4. The van der Waals surface area contributed by atoms with Gasteiger partial charge in [-0.05, 0) is 50.3 Å². The van der Waals surface area contributed by atoms with Gasteiger partial charge in [-0.3, -0.25) is 19.5 Å². The van der Waals surface area contributed by atoms with E-state index in [1.165, 1.54) is 38.2 Å². The molecule has 1 amide bonds. The van der Waals surface area contributed by atoms with Crippen molar-refractivity contribution < 1.29 is 9.18 Å². The predicted octanol–water partition coefficient (Wildman–Crippen LogP) is 4.36. The van der Waals surface area contributed by atoms with Crippen molar-refractivity contribution >= 4 is 55.7 Å². The number of thiophene rings is 1. The number of halogens is 1. The minimum atomic E-state index is -0.518. The standard InChI is InChI=1S/C21H18FN5O2S3/c1-11-25-26-20(31-11)23-16(28)10-30-21-24-18-17(12-6-2-5-9-15(12)32-18)19(29)27(21)14-8-4-3-7-13(14)22/h3-4,7-8H,2,5-6,9-10H2,1H3,(H,23,26,28). The van der Waals surface area contributed by atoms with Crippen LogP contribution >= 0.6 is 34.4 Å². The quantitative estimate of drug-likeness (QED) is 0.332. The van der Waals surface area contributed by atoms with E-state index in [0.717, 1.165) is 48.0 Å². The maximum absolute atomic E-state index is 14.7. The molecule has 1 aromatic carbocycles. The molecule has 5 rings (SSSR count). The molecule has 32 heavy (non-hydrogen) atoms. The summed E-state index contributed by atoms with van der Waals surface area (Å²) >= 11 is 3.90. The summed E-state index contributed by atoms with van der Waals surface area (Å²) in [5, 5.41) is 12.5. The van der Waals surface area contributed by atoms with Gasteiger partial charge < -0.3 is 0 Å². The molecule has 0 unspecified atom stereocenters. The minimum Gasteiger partial charge on any atom is -0.300 e. The fourth-order valence-electron chi connectivity index (χ4n) is 3.76. The van der Waals surface area contributed by atoms with Gasteiger partial charge in [0.05, 0.1) is 16.8 Å². The number of benzene rings is 1. The van der Waals surface area contributed by atoms with E-state index in [1.54, 1.807) is 25.1 Å². The third-order valence-corrected chi connectivity index (χ3v) is 8.03. The number of carbonyl (C=O) groups excluding carboxylic acids is 1. The number of hydrogen-bond donors (Lipinski definition) is 1. The first-order chi connectivity index (χ1) is 15.5. The summed E-state index contributed by atoms with van der Waals surface area (Å²) in [5.41, 5.74) is 0.882. The summed E-state index contributed by atoms with van der Waals surface area (Å²) < 4.78 is 16.0. The lowest BCUT2D eigenvalue weighted by Gasteiger charge is -2.14. The van der Waals surface area contributed by atoms with Crippen LogP contribution in [0.5, 0.6) is 0 Å². The molecule has 164 valence electrons. The van der Waals surface area contributed by atoms with Gasteiger partial charge in [0.2, 0.25) is 11.0 Å². The number of carbonyl (C=O) groups is 1. The third-order valence-electron chi connectivity index (χ3n) is 5.16.